The van der Waals surface area contributed by atoms with E-state index >= 15 is 0 Å². The molecule has 0 aromatic heterocycles. The van der Waals surface area contributed by atoms with Crippen LogP contribution in [0.5, 0.6) is 5.75 Å². The van der Waals surface area contributed by atoms with E-state index in [4.69, 9.17) is 16.3 Å². The quantitative estimate of drug-likeness (QED) is 0.368. The molecule has 0 aliphatic rings. The molecule has 0 aliphatic heterocycles. The summed E-state index contributed by atoms with van der Waals surface area (Å²) < 4.78 is 7.82. The summed E-state index contributed by atoms with van der Waals surface area (Å²) in [4.78, 5) is 0. The van der Waals surface area contributed by atoms with E-state index in [1.807, 2.05) is 24.3 Å². The maximum absolute atomic E-state index is 6.03. The fraction of sp³-hybridized carbons (Fsp3) is 0.182. The van der Waals surface area contributed by atoms with Crippen LogP contribution in [-0.2, 0) is 13.2 Å². The molecule has 0 spiro atoms. The predicted octanol–water partition coefficient (Wildman–Crippen LogP) is 7.67. The SMILES string of the molecule is Cc1ccc(C)c(NCc2cc(Br)c(OCc3cccc(Cl)c3)c(Br)c2)c1. The van der Waals surface area contributed by atoms with Gasteiger partial charge in [-0.15, -0.1) is 0 Å². The number of aryl methyl sites for hydroxylation is 2. The summed E-state index contributed by atoms with van der Waals surface area (Å²) in [5, 5.41) is 4.22. The maximum Gasteiger partial charge on any atom is 0.148 e. The van der Waals surface area contributed by atoms with Gasteiger partial charge in [0.15, 0.2) is 0 Å². The molecule has 0 radical (unpaired) electrons. The topological polar surface area (TPSA) is 21.3 Å². The molecule has 3 rings (SSSR count). The van der Waals surface area contributed by atoms with E-state index in [1.54, 1.807) is 0 Å². The van der Waals surface area contributed by atoms with Gasteiger partial charge in [-0.05, 0) is 98.3 Å². The molecular weight excluding hydrogens is 490 g/mol. The van der Waals surface area contributed by atoms with E-state index in [0.29, 0.717) is 11.6 Å². The van der Waals surface area contributed by atoms with Crippen LogP contribution in [0.4, 0.5) is 5.69 Å². The van der Waals surface area contributed by atoms with E-state index in [9.17, 15) is 0 Å². The Bertz CT molecular complexity index is 936. The number of nitrogens with one attached hydrogen (secondary N) is 1. The molecular formula is C22H20Br2ClNO. The number of halogens is 3. The Kier molecular flexibility index (Phi) is 6.85. The molecule has 140 valence electrons. The Morgan fingerprint density at radius 1 is 0.926 bits per heavy atom. The summed E-state index contributed by atoms with van der Waals surface area (Å²) >= 11 is 13.3. The van der Waals surface area contributed by atoms with Crippen molar-refractivity contribution in [1.29, 1.82) is 0 Å². The second-order valence-electron chi connectivity index (χ2n) is 6.48. The summed E-state index contributed by atoms with van der Waals surface area (Å²) in [5.41, 5.74) is 5.82. The summed E-state index contributed by atoms with van der Waals surface area (Å²) in [5.74, 6) is 0.783. The first-order valence-corrected chi connectivity index (χ1v) is 10.5. The lowest BCUT2D eigenvalue weighted by Gasteiger charge is -2.14. The van der Waals surface area contributed by atoms with Crippen molar-refractivity contribution in [3.63, 3.8) is 0 Å². The largest absolute Gasteiger partial charge is 0.487 e. The number of hydrogen-bond acceptors (Lipinski definition) is 2. The third-order valence-corrected chi connectivity index (χ3v) is 5.62. The van der Waals surface area contributed by atoms with Gasteiger partial charge >= 0.3 is 0 Å². The second kappa shape index (κ2) is 9.13. The van der Waals surface area contributed by atoms with Crippen LogP contribution in [0.3, 0.4) is 0 Å². The Balaban J connectivity index is 1.69. The number of benzene rings is 3. The lowest BCUT2D eigenvalue weighted by Crippen LogP contribution is -2.03. The van der Waals surface area contributed by atoms with Gasteiger partial charge in [-0.1, -0.05) is 35.9 Å². The molecule has 0 heterocycles. The van der Waals surface area contributed by atoms with E-state index < -0.39 is 0 Å². The highest BCUT2D eigenvalue weighted by Gasteiger charge is 2.10. The van der Waals surface area contributed by atoms with Crippen molar-refractivity contribution < 1.29 is 4.74 Å². The monoisotopic (exact) mass is 507 g/mol. The third-order valence-electron chi connectivity index (χ3n) is 4.21. The minimum Gasteiger partial charge on any atom is -0.487 e. The molecule has 0 atom stereocenters. The highest BCUT2D eigenvalue weighted by atomic mass is 79.9. The van der Waals surface area contributed by atoms with Crippen molar-refractivity contribution in [3.05, 3.63) is 90.8 Å². The smallest absolute Gasteiger partial charge is 0.148 e. The van der Waals surface area contributed by atoms with Crippen LogP contribution in [0, 0.1) is 13.8 Å². The van der Waals surface area contributed by atoms with Gasteiger partial charge in [0.05, 0.1) is 8.95 Å². The minimum absolute atomic E-state index is 0.456. The molecule has 5 heteroatoms. The van der Waals surface area contributed by atoms with Gasteiger partial charge in [0.2, 0.25) is 0 Å². The van der Waals surface area contributed by atoms with Gasteiger partial charge in [-0.25, -0.2) is 0 Å². The number of ether oxygens (including phenoxy) is 1. The number of hydrogen-bond donors (Lipinski definition) is 1. The standard InChI is InChI=1S/C22H20Br2ClNO/c1-14-6-7-15(2)21(8-14)26-12-17-10-19(23)22(20(24)11-17)27-13-16-4-3-5-18(25)9-16/h3-11,26H,12-13H2,1-2H3. The van der Waals surface area contributed by atoms with Gasteiger partial charge < -0.3 is 10.1 Å². The first-order chi connectivity index (χ1) is 12.9. The summed E-state index contributed by atoms with van der Waals surface area (Å²) in [7, 11) is 0. The normalized spacial score (nSPS) is 10.7. The summed E-state index contributed by atoms with van der Waals surface area (Å²) in [6, 6.07) is 18.3. The Morgan fingerprint density at radius 2 is 1.67 bits per heavy atom. The summed E-state index contributed by atoms with van der Waals surface area (Å²) in [6.45, 7) is 5.40. The van der Waals surface area contributed by atoms with Gasteiger partial charge in [0.25, 0.3) is 0 Å². The highest BCUT2D eigenvalue weighted by molar-refractivity contribution is 9.11. The van der Waals surface area contributed by atoms with Crippen LogP contribution in [0.1, 0.15) is 22.3 Å². The van der Waals surface area contributed by atoms with Crippen molar-refractivity contribution in [3.8, 4) is 5.75 Å². The molecule has 3 aromatic rings. The fourth-order valence-electron chi connectivity index (χ4n) is 2.76. The van der Waals surface area contributed by atoms with E-state index in [0.717, 1.165) is 38.1 Å². The minimum atomic E-state index is 0.456. The number of anilines is 1. The molecule has 0 fully saturated rings. The molecule has 0 saturated heterocycles. The molecule has 0 aliphatic carbocycles. The zero-order valence-electron chi connectivity index (χ0n) is 15.2. The molecule has 27 heavy (non-hydrogen) atoms. The van der Waals surface area contributed by atoms with Crippen LogP contribution in [0.2, 0.25) is 5.02 Å². The Morgan fingerprint density at radius 3 is 2.37 bits per heavy atom. The average molecular weight is 510 g/mol. The summed E-state index contributed by atoms with van der Waals surface area (Å²) in [6.07, 6.45) is 0. The fourth-order valence-corrected chi connectivity index (χ4v) is 4.48. The molecule has 0 bridgehead atoms. The van der Waals surface area contributed by atoms with Crippen LogP contribution in [0.25, 0.3) is 0 Å². The second-order valence-corrected chi connectivity index (χ2v) is 8.62. The van der Waals surface area contributed by atoms with Gasteiger partial charge in [-0.3, -0.25) is 0 Å². The molecule has 1 N–H and O–H groups in total. The van der Waals surface area contributed by atoms with Crippen LogP contribution in [0.15, 0.2) is 63.5 Å². The third kappa shape index (κ3) is 5.50. The molecule has 0 saturated carbocycles. The molecule has 0 unspecified atom stereocenters. The lowest BCUT2D eigenvalue weighted by atomic mass is 10.1. The zero-order valence-corrected chi connectivity index (χ0v) is 19.1. The van der Waals surface area contributed by atoms with Crippen molar-refractivity contribution in [1.82, 2.24) is 0 Å². The predicted molar refractivity (Wildman–Crippen MR) is 121 cm³/mol. The maximum atomic E-state index is 6.03. The first-order valence-electron chi connectivity index (χ1n) is 8.58. The highest BCUT2D eigenvalue weighted by Crippen LogP contribution is 2.35. The van der Waals surface area contributed by atoms with Crippen LogP contribution >= 0.6 is 43.5 Å². The van der Waals surface area contributed by atoms with Crippen molar-refractivity contribution in [2.45, 2.75) is 27.0 Å². The molecule has 3 aromatic carbocycles. The first kappa shape index (κ1) is 20.2. The van der Waals surface area contributed by atoms with Crippen molar-refractivity contribution >= 4 is 49.1 Å². The van der Waals surface area contributed by atoms with Crippen molar-refractivity contribution in [2.24, 2.45) is 0 Å². The van der Waals surface area contributed by atoms with Crippen LogP contribution < -0.4 is 10.1 Å². The molecule has 0 amide bonds. The van der Waals surface area contributed by atoms with E-state index in [1.165, 1.54) is 11.1 Å². The Hall–Kier alpha value is -1.49. The van der Waals surface area contributed by atoms with Gasteiger partial charge in [0.1, 0.15) is 12.4 Å². The van der Waals surface area contributed by atoms with Crippen LogP contribution in [-0.4, -0.2) is 0 Å². The van der Waals surface area contributed by atoms with Gasteiger partial charge in [0, 0.05) is 17.3 Å². The van der Waals surface area contributed by atoms with Crippen molar-refractivity contribution in [2.75, 3.05) is 5.32 Å². The zero-order chi connectivity index (χ0) is 19.4. The Labute approximate surface area is 182 Å². The van der Waals surface area contributed by atoms with E-state index in [-0.39, 0.29) is 0 Å². The van der Waals surface area contributed by atoms with E-state index in [2.05, 4.69) is 81.4 Å². The lowest BCUT2D eigenvalue weighted by molar-refractivity contribution is 0.302. The van der Waals surface area contributed by atoms with Gasteiger partial charge in [-0.2, -0.15) is 0 Å². The number of rotatable bonds is 6. The average Bonchev–Trinajstić information content (AvgIpc) is 2.62. The molecule has 2 nitrogen and oxygen atoms in total.